The van der Waals surface area contributed by atoms with Crippen molar-refractivity contribution in [2.75, 3.05) is 11.9 Å². The van der Waals surface area contributed by atoms with Crippen LogP contribution in [0.15, 0.2) is 0 Å². The van der Waals surface area contributed by atoms with Gasteiger partial charge < -0.3 is 4.90 Å². The van der Waals surface area contributed by atoms with Gasteiger partial charge in [-0.05, 0) is 12.8 Å². The van der Waals surface area contributed by atoms with Crippen LogP contribution in [0.5, 0.6) is 0 Å². The summed E-state index contributed by atoms with van der Waals surface area (Å²) in [5.41, 5.74) is 0. The highest BCUT2D eigenvalue weighted by Crippen LogP contribution is 2.23. The molecule has 1 saturated carbocycles. The Morgan fingerprint density at radius 2 is 1.85 bits per heavy atom. The van der Waals surface area contributed by atoms with Gasteiger partial charge in [0, 0.05) is 6.04 Å². The summed E-state index contributed by atoms with van der Waals surface area (Å²) in [5.74, 6) is 0.00650. The minimum Gasteiger partial charge on any atom is -0.325 e. The van der Waals surface area contributed by atoms with Gasteiger partial charge in [-0.1, -0.05) is 19.3 Å². The molecular formula is C9H15Cl2NO. The van der Waals surface area contributed by atoms with Crippen LogP contribution in [0.4, 0.5) is 0 Å². The SMILES string of the molecule is O=C(CCl)N(CCl)C1CCCCC1. The number of rotatable bonds is 3. The number of halogens is 2. The van der Waals surface area contributed by atoms with Crippen LogP contribution >= 0.6 is 23.2 Å². The zero-order chi connectivity index (χ0) is 9.68. The Kier molecular flexibility index (Phi) is 4.89. The molecule has 1 rings (SSSR count). The Labute approximate surface area is 89.2 Å². The van der Waals surface area contributed by atoms with Crippen molar-refractivity contribution >= 4 is 29.1 Å². The standard InChI is InChI=1S/C9H15Cl2NO/c10-6-9(13)12(7-11)8-4-2-1-3-5-8/h8H,1-7H2. The van der Waals surface area contributed by atoms with Crippen LogP contribution < -0.4 is 0 Å². The fraction of sp³-hybridized carbons (Fsp3) is 0.889. The van der Waals surface area contributed by atoms with E-state index in [0.29, 0.717) is 6.04 Å². The summed E-state index contributed by atoms with van der Waals surface area (Å²) >= 11 is 11.2. The molecule has 4 heteroatoms. The molecule has 0 aromatic rings. The molecule has 1 amide bonds. The molecule has 0 aromatic carbocycles. The molecular weight excluding hydrogens is 209 g/mol. The monoisotopic (exact) mass is 223 g/mol. The fourth-order valence-electron chi connectivity index (χ4n) is 1.84. The second kappa shape index (κ2) is 5.71. The lowest BCUT2D eigenvalue weighted by molar-refractivity contribution is -0.130. The molecule has 2 nitrogen and oxygen atoms in total. The topological polar surface area (TPSA) is 20.3 Å². The zero-order valence-electron chi connectivity index (χ0n) is 7.64. The Hall–Kier alpha value is 0.0500. The highest BCUT2D eigenvalue weighted by molar-refractivity contribution is 6.28. The van der Waals surface area contributed by atoms with E-state index in [0.717, 1.165) is 12.8 Å². The van der Waals surface area contributed by atoms with Crippen molar-refractivity contribution in [2.24, 2.45) is 0 Å². The first-order valence-electron chi connectivity index (χ1n) is 4.71. The number of hydrogen-bond donors (Lipinski definition) is 0. The summed E-state index contributed by atoms with van der Waals surface area (Å²) in [6.45, 7) is 0. The number of carbonyl (C=O) groups excluding carboxylic acids is 1. The van der Waals surface area contributed by atoms with Gasteiger partial charge in [0.05, 0.1) is 6.00 Å². The van der Waals surface area contributed by atoms with Gasteiger partial charge in [-0.3, -0.25) is 4.79 Å². The lowest BCUT2D eigenvalue weighted by Gasteiger charge is -2.32. The lowest BCUT2D eigenvalue weighted by atomic mass is 9.94. The van der Waals surface area contributed by atoms with Gasteiger partial charge in [0.15, 0.2) is 0 Å². The molecule has 0 radical (unpaired) electrons. The van der Waals surface area contributed by atoms with Crippen LogP contribution in [-0.4, -0.2) is 28.7 Å². The minimum absolute atomic E-state index is 0.0384. The van der Waals surface area contributed by atoms with Gasteiger partial charge in [-0.25, -0.2) is 0 Å². The van der Waals surface area contributed by atoms with E-state index in [2.05, 4.69) is 0 Å². The maximum absolute atomic E-state index is 11.4. The van der Waals surface area contributed by atoms with Gasteiger partial charge in [0.25, 0.3) is 0 Å². The summed E-state index contributed by atoms with van der Waals surface area (Å²) < 4.78 is 0. The van der Waals surface area contributed by atoms with Crippen LogP contribution in [0, 0.1) is 0 Å². The Morgan fingerprint density at radius 1 is 1.23 bits per heavy atom. The highest BCUT2D eigenvalue weighted by Gasteiger charge is 2.23. The van der Waals surface area contributed by atoms with Crippen molar-refractivity contribution in [3.63, 3.8) is 0 Å². The average molecular weight is 224 g/mol. The first-order valence-corrected chi connectivity index (χ1v) is 5.78. The molecule has 0 aliphatic heterocycles. The van der Waals surface area contributed by atoms with Crippen molar-refractivity contribution < 1.29 is 4.79 Å². The summed E-state index contributed by atoms with van der Waals surface area (Å²) in [6.07, 6.45) is 5.84. The van der Waals surface area contributed by atoms with Crippen LogP contribution in [0.1, 0.15) is 32.1 Å². The molecule has 0 atom stereocenters. The summed E-state index contributed by atoms with van der Waals surface area (Å²) in [5, 5.41) is 0. The van der Waals surface area contributed by atoms with Crippen molar-refractivity contribution in [3.05, 3.63) is 0 Å². The van der Waals surface area contributed by atoms with E-state index in [1.54, 1.807) is 4.90 Å². The highest BCUT2D eigenvalue weighted by atomic mass is 35.5. The zero-order valence-corrected chi connectivity index (χ0v) is 9.15. The average Bonchev–Trinajstić information content (AvgIpc) is 2.20. The number of amides is 1. The van der Waals surface area contributed by atoms with Crippen molar-refractivity contribution in [1.82, 2.24) is 4.90 Å². The first kappa shape index (κ1) is 11.1. The molecule has 1 aliphatic carbocycles. The Bertz CT molecular complexity index is 169. The minimum atomic E-state index is -0.0384. The fourth-order valence-corrected chi connectivity index (χ4v) is 2.32. The molecule has 0 spiro atoms. The largest absolute Gasteiger partial charge is 0.325 e. The third-order valence-electron chi connectivity index (χ3n) is 2.58. The third-order valence-corrected chi connectivity index (χ3v) is 3.07. The van der Waals surface area contributed by atoms with Crippen molar-refractivity contribution in [2.45, 2.75) is 38.1 Å². The van der Waals surface area contributed by atoms with E-state index in [4.69, 9.17) is 23.2 Å². The molecule has 0 heterocycles. The molecule has 0 aromatic heterocycles. The predicted molar refractivity (Wildman–Crippen MR) is 55.2 cm³/mol. The normalized spacial score (nSPS) is 18.6. The maximum Gasteiger partial charge on any atom is 0.238 e. The summed E-state index contributed by atoms with van der Waals surface area (Å²) in [4.78, 5) is 13.1. The van der Waals surface area contributed by atoms with Crippen molar-refractivity contribution in [1.29, 1.82) is 0 Å². The second-order valence-corrected chi connectivity index (χ2v) is 3.91. The van der Waals surface area contributed by atoms with E-state index >= 15 is 0 Å². The number of hydrogen-bond acceptors (Lipinski definition) is 1. The molecule has 76 valence electrons. The van der Waals surface area contributed by atoms with E-state index in [1.807, 2.05) is 0 Å². The first-order chi connectivity index (χ1) is 6.29. The van der Waals surface area contributed by atoms with Crippen LogP contribution in [0.25, 0.3) is 0 Å². The van der Waals surface area contributed by atoms with Crippen LogP contribution in [0.3, 0.4) is 0 Å². The van der Waals surface area contributed by atoms with E-state index < -0.39 is 0 Å². The predicted octanol–water partition coefficient (Wildman–Crippen LogP) is 2.58. The number of carbonyl (C=O) groups is 1. The third kappa shape index (κ3) is 3.03. The molecule has 1 aliphatic rings. The van der Waals surface area contributed by atoms with Crippen LogP contribution in [0.2, 0.25) is 0 Å². The van der Waals surface area contributed by atoms with Crippen LogP contribution in [-0.2, 0) is 4.79 Å². The summed E-state index contributed by atoms with van der Waals surface area (Å²) in [7, 11) is 0. The molecule has 0 N–H and O–H groups in total. The van der Waals surface area contributed by atoms with E-state index in [-0.39, 0.29) is 17.8 Å². The quantitative estimate of drug-likeness (QED) is 0.533. The smallest absolute Gasteiger partial charge is 0.238 e. The Balaban J connectivity index is 2.48. The number of nitrogens with zero attached hydrogens (tertiary/aromatic N) is 1. The van der Waals surface area contributed by atoms with Crippen molar-refractivity contribution in [3.8, 4) is 0 Å². The van der Waals surface area contributed by atoms with E-state index in [9.17, 15) is 4.79 Å². The maximum atomic E-state index is 11.4. The number of alkyl halides is 2. The molecule has 0 bridgehead atoms. The molecule has 0 saturated heterocycles. The van der Waals surface area contributed by atoms with Gasteiger partial charge in [-0.15, -0.1) is 23.2 Å². The molecule has 1 fully saturated rings. The Morgan fingerprint density at radius 3 is 2.31 bits per heavy atom. The van der Waals surface area contributed by atoms with E-state index in [1.165, 1.54) is 19.3 Å². The van der Waals surface area contributed by atoms with Gasteiger partial charge in [0.2, 0.25) is 5.91 Å². The molecule has 0 unspecified atom stereocenters. The summed E-state index contributed by atoms with van der Waals surface area (Å²) in [6, 6.07) is 0.605. The van der Waals surface area contributed by atoms with Gasteiger partial charge >= 0.3 is 0 Å². The van der Waals surface area contributed by atoms with Gasteiger partial charge in [0.1, 0.15) is 5.88 Å². The lowest BCUT2D eigenvalue weighted by Crippen LogP contribution is -2.41. The second-order valence-electron chi connectivity index (χ2n) is 3.41. The molecule has 13 heavy (non-hydrogen) atoms. The van der Waals surface area contributed by atoms with Gasteiger partial charge in [-0.2, -0.15) is 0 Å².